The lowest BCUT2D eigenvalue weighted by Gasteiger charge is -2.00. The van der Waals surface area contributed by atoms with Gasteiger partial charge < -0.3 is 0 Å². The highest BCUT2D eigenvalue weighted by atomic mass is 32.2. The third-order valence-corrected chi connectivity index (χ3v) is 4.37. The zero-order valence-corrected chi connectivity index (χ0v) is 11.4. The number of allylic oxidation sites excluding steroid dienone is 1. The van der Waals surface area contributed by atoms with Crippen LogP contribution in [0.3, 0.4) is 0 Å². The van der Waals surface area contributed by atoms with E-state index in [1.807, 2.05) is 13.0 Å². The van der Waals surface area contributed by atoms with E-state index in [4.69, 9.17) is 0 Å². The number of hydrogen-bond donors (Lipinski definition) is 0. The molecule has 0 N–H and O–H groups in total. The van der Waals surface area contributed by atoms with Crippen LogP contribution in [0.5, 0.6) is 0 Å². The molecular weight excluding hydrogens is 244 g/mol. The Kier molecular flexibility index (Phi) is 3.87. The molecule has 0 aliphatic carbocycles. The van der Waals surface area contributed by atoms with Gasteiger partial charge in [-0.3, -0.25) is 0 Å². The SMILES string of the molecule is C=C(C)SC(=C)c1ccc(-c2ccccc2)s1. The molecule has 0 radical (unpaired) electrons. The van der Waals surface area contributed by atoms with Crippen molar-refractivity contribution in [1.82, 2.24) is 0 Å². The van der Waals surface area contributed by atoms with Gasteiger partial charge in [0.05, 0.1) is 0 Å². The van der Waals surface area contributed by atoms with Gasteiger partial charge in [0.25, 0.3) is 0 Å². The third kappa shape index (κ3) is 3.11. The Balaban J connectivity index is 2.22. The molecule has 0 spiro atoms. The molecule has 1 heterocycles. The maximum absolute atomic E-state index is 4.08. The fourth-order valence-corrected chi connectivity index (χ4v) is 3.22. The number of thiophene rings is 1. The molecule has 0 bridgehead atoms. The minimum Gasteiger partial charge on any atom is -0.135 e. The Bertz CT molecular complexity index is 535. The first kappa shape index (κ1) is 12.2. The lowest BCUT2D eigenvalue weighted by Crippen LogP contribution is -1.69. The normalized spacial score (nSPS) is 10.2. The van der Waals surface area contributed by atoms with Crippen LogP contribution in [0.25, 0.3) is 15.3 Å². The largest absolute Gasteiger partial charge is 0.135 e. The van der Waals surface area contributed by atoms with Gasteiger partial charge in [-0.2, -0.15) is 0 Å². The molecule has 0 saturated heterocycles. The second-order valence-electron chi connectivity index (χ2n) is 3.76. The second kappa shape index (κ2) is 5.39. The first-order valence-corrected chi connectivity index (χ1v) is 6.98. The quantitative estimate of drug-likeness (QED) is 0.682. The summed E-state index contributed by atoms with van der Waals surface area (Å²) in [7, 11) is 0. The van der Waals surface area contributed by atoms with Gasteiger partial charge in [0.15, 0.2) is 0 Å². The monoisotopic (exact) mass is 258 g/mol. The summed E-state index contributed by atoms with van der Waals surface area (Å²) in [6.45, 7) is 9.98. The molecule has 0 atom stereocenters. The van der Waals surface area contributed by atoms with Crippen molar-refractivity contribution in [2.75, 3.05) is 0 Å². The highest BCUT2D eigenvalue weighted by Crippen LogP contribution is 2.37. The van der Waals surface area contributed by atoms with Crippen molar-refractivity contribution in [2.24, 2.45) is 0 Å². The van der Waals surface area contributed by atoms with E-state index in [0.717, 1.165) is 9.81 Å². The molecule has 0 aliphatic rings. The molecule has 1 aromatic carbocycles. The van der Waals surface area contributed by atoms with Gasteiger partial charge in [0.1, 0.15) is 0 Å². The van der Waals surface area contributed by atoms with E-state index in [1.54, 1.807) is 23.1 Å². The highest BCUT2D eigenvalue weighted by molar-refractivity contribution is 8.11. The maximum atomic E-state index is 4.08. The van der Waals surface area contributed by atoms with E-state index in [1.165, 1.54) is 15.3 Å². The lowest BCUT2D eigenvalue weighted by molar-refractivity contribution is 1.70. The van der Waals surface area contributed by atoms with E-state index in [9.17, 15) is 0 Å². The molecule has 17 heavy (non-hydrogen) atoms. The topological polar surface area (TPSA) is 0 Å². The van der Waals surface area contributed by atoms with Crippen LogP contribution in [0.2, 0.25) is 0 Å². The number of benzene rings is 1. The summed E-state index contributed by atoms with van der Waals surface area (Å²) in [5, 5.41) is 0. The summed E-state index contributed by atoms with van der Waals surface area (Å²) in [6, 6.07) is 14.7. The van der Waals surface area contributed by atoms with Crippen LogP contribution in [-0.4, -0.2) is 0 Å². The summed E-state index contributed by atoms with van der Waals surface area (Å²) in [5.74, 6) is 0. The molecular formula is C15H14S2. The van der Waals surface area contributed by atoms with Crippen molar-refractivity contribution in [1.29, 1.82) is 0 Å². The van der Waals surface area contributed by atoms with E-state index in [2.05, 4.69) is 49.6 Å². The van der Waals surface area contributed by atoms with Crippen molar-refractivity contribution >= 4 is 28.0 Å². The molecule has 1 aromatic heterocycles. The van der Waals surface area contributed by atoms with Crippen LogP contribution in [-0.2, 0) is 0 Å². The van der Waals surface area contributed by atoms with Crippen LogP contribution in [0.1, 0.15) is 11.8 Å². The van der Waals surface area contributed by atoms with E-state index >= 15 is 0 Å². The van der Waals surface area contributed by atoms with Crippen LogP contribution in [0, 0.1) is 0 Å². The summed E-state index contributed by atoms with van der Waals surface area (Å²) >= 11 is 3.41. The molecule has 0 amide bonds. The molecule has 2 heteroatoms. The summed E-state index contributed by atoms with van der Waals surface area (Å²) in [4.78, 5) is 4.65. The van der Waals surface area contributed by atoms with E-state index in [0.29, 0.717) is 0 Å². The van der Waals surface area contributed by atoms with Gasteiger partial charge in [0, 0.05) is 14.7 Å². The second-order valence-corrected chi connectivity index (χ2v) is 6.23. The molecule has 0 aliphatic heterocycles. The number of thioether (sulfide) groups is 1. The lowest BCUT2D eigenvalue weighted by atomic mass is 10.2. The Hall–Kier alpha value is -1.25. The zero-order chi connectivity index (χ0) is 12.3. The fraction of sp³-hybridized carbons (Fsp3) is 0.0667. The third-order valence-electron chi connectivity index (χ3n) is 2.24. The first-order valence-electron chi connectivity index (χ1n) is 5.34. The van der Waals surface area contributed by atoms with Crippen LogP contribution >= 0.6 is 23.1 Å². The molecule has 2 rings (SSSR count). The standard InChI is InChI=1S/C15H14S2/c1-11(2)16-12(3)14-9-10-15(17-14)13-7-5-4-6-8-13/h4-10H,1,3H2,2H3. The molecule has 86 valence electrons. The Labute approximate surface area is 111 Å². The molecule has 2 aromatic rings. The van der Waals surface area contributed by atoms with E-state index < -0.39 is 0 Å². The number of rotatable bonds is 4. The average Bonchev–Trinajstić information content (AvgIpc) is 2.78. The first-order chi connectivity index (χ1) is 8.16. The Morgan fingerprint density at radius 3 is 2.41 bits per heavy atom. The van der Waals surface area contributed by atoms with Crippen molar-refractivity contribution in [2.45, 2.75) is 6.92 Å². The predicted octanol–water partition coefficient (Wildman–Crippen LogP) is 5.65. The summed E-state index contributed by atoms with van der Waals surface area (Å²) in [6.07, 6.45) is 0. The van der Waals surface area contributed by atoms with Crippen molar-refractivity contribution < 1.29 is 0 Å². The minimum absolute atomic E-state index is 1.07. The predicted molar refractivity (Wildman–Crippen MR) is 81.2 cm³/mol. The highest BCUT2D eigenvalue weighted by Gasteiger charge is 2.06. The maximum Gasteiger partial charge on any atom is 0.0410 e. The van der Waals surface area contributed by atoms with Gasteiger partial charge in [-0.1, -0.05) is 55.3 Å². The van der Waals surface area contributed by atoms with Gasteiger partial charge in [0.2, 0.25) is 0 Å². The van der Waals surface area contributed by atoms with E-state index in [-0.39, 0.29) is 0 Å². The van der Waals surface area contributed by atoms with Crippen LogP contribution < -0.4 is 0 Å². The Morgan fingerprint density at radius 2 is 1.76 bits per heavy atom. The molecule has 0 nitrogen and oxygen atoms in total. The van der Waals surface area contributed by atoms with Gasteiger partial charge in [-0.15, -0.1) is 11.3 Å². The molecule has 0 fully saturated rings. The summed E-state index contributed by atoms with van der Waals surface area (Å²) < 4.78 is 0. The minimum atomic E-state index is 1.07. The Morgan fingerprint density at radius 1 is 1.06 bits per heavy atom. The fourth-order valence-electron chi connectivity index (χ4n) is 1.51. The van der Waals surface area contributed by atoms with Crippen molar-refractivity contribution in [3.63, 3.8) is 0 Å². The molecule has 0 saturated carbocycles. The number of hydrogen-bond acceptors (Lipinski definition) is 2. The van der Waals surface area contributed by atoms with Crippen molar-refractivity contribution in [3.05, 3.63) is 65.4 Å². The molecule has 0 unspecified atom stereocenters. The smallest absolute Gasteiger partial charge is 0.0410 e. The van der Waals surface area contributed by atoms with Gasteiger partial charge >= 0.3 is 0 Å². The summed E-state index contributed by atoms with van der Waals surface area (Å²) in [5.41, 5.74) is 1.26. The van der Waals surface area contributed by atoms with Gasteiger partial charge in [-0.25, -0.2) is 0 Å². The van der Waals surface area contributed by atoms with Crippen molar-refractivity contribution in [3.8, 4) is 10.4 Å². The average molecular weight is 258 g/mol. The van der Waals surface area contributed by atoms with Crippen LogP contribution in [0.15, 0.2) is 60.5 Å². The zero-order valence-electron chi connectivity index (χ0n) is 9.77. The van der Waals surface area contributed by atoms with Gasteiger partial charge in [-0.05, 0) is 29.5 Å². The van der Waals surface area contributed by atoms with Crippen LogP contribution in [0.4, 0.5) is 0 Å².